The predicted molar refractivity (Wildman–Crippen MR) is 73.7 cm³/mol. The number of fused-ring (bicyclic) bond motifs is 1. The molecule has 0 saturated heterocycles. The Morgan fingerprint density at radius 1 is 1.15 bits per heavy atom. The minimum absolute atomic E-state index is 0.171. The van der Waals surface area contributed by atoms with Crippen LogP contribution in [0.25, 0.3) is 0 Å². The number of carbonyl (C=O) groups excluding carboxylic acids is 1. The second kappa shape index (κ2) is 5.30. The fourth-order valence-electron chi connectivity index (χ4n) is 1.75. The third-order valence-corrected chi connectivity index (χ3v) is 2.99. The molecule has 3 rings (SSSR count). The summed E-state index contributed by atoms with van der Waals surface area (Å²) in [5, 5.41) is 3.00. The van der Waals surface area contributed by atoms with Crippen molar-refractivity contribution in [1.29, 1.82) is 0 Å². The maximum atomic E-state index is 11.8. The van der Waals surface area contributed by atoms with Crippen LogP contribution >= 0.6 is 11.6 Å². The van der Waals surface area contributed by atoms with Gasteiger partial charge in [0.25, 0.3) is 0 Å². The maximum absolute atomic E-state index is 11.8. The van der Waals surface area contributed by atoms with Gasteiger partial charge < -0.3 is 14.2 Å². The minimum Gasteiger partial charge on any atom is -0.454 e. The van der Waals surface area contributed by atoms with Gasteiger partial charge in [-0.15, -0.1) is 0 Å². The third kappa shape index (κ3) is 2.62. The van der Waals surface area contributed by atoms with E-state index >= 15 is 0 Å². The number of hydrogen-bond donors (Lipinski definition) is 1. The van der Waals surface area contributed by atoms with Gasteiger partial charge in [0.15, 0.2) is 11.5 Å². The van der Waals surface area contributed by atoms with Gasteiger partial charge in [-0.05, 0) is 24.3 Å². The van der Waals surface area contributed by atoms with Crippen molar-refractivity contribution >= 4 is 23.4 Å². The zero-order chi connectivity index (χ0) is 13.9. The summed E-state index contributed by atoms with van der Waals surface area (Å²) in [5.41, 5.74) is 0.486. The van der Waals surface area contributed by atoms with Crippen molar-refractivity contribution in [2.75, 3.05) is 12.1 Å². The second-order valence-electron chi connectivity index (χ2n) is 4.01. The quantitative estimate of drug-likeness (QED) is 0.917. The second-order valence-corrected chi connectivity index (χ2v) is 4.42. The molecule has 0 atom stereocenters. The largest absolute Gasteiger partial charge is 0.454 e. The van der Waals surface area contributed by atoms with Crippen molar-refractivity contribution in [2.45, 2.75) is 0 Å². The van der Waals surface area contributed by atoms with Crippen LogP contribution in [0.3, 0.4) is 0 Å². The molecule has 0 saturated carbocycles. The fraction of sp³-hybridized carbons (Fsp3) is 0.0714. The molecule has 5 nitrogen and oxygen atoms in total. The van der Waals surface area contributed by atoms with Crippen LogP contribution in [0.1, 0.15) is 0 Å². The van der Waals surface area contributed by atoms with Crippen molar-refractivity contribution in [3.63, 3.8) is 0 Å². The van der Waals surface area contributed by atoms with Gasteiger partial charge in [-0.3, -0.25) is 5.32 Å². The van der Waals surface area contributed by atoms with Crippen LogP contribution in [-0.4, -0.2) is 12.9 Å². The highest BCUT2D eigenvalue weighted by Crippen LogP contribution is 2.35. The lowest BCUT2D eigenvalue weighted by Gasteiger charge is -2.08. The summed E-state index contributed by atoms with van der Waals surface area (Å²) in [7, 11) is 0. The molecular formula is C14H10ClNO4. The first-order valence-electron chi connectivity index (χ1n) is 5.85. The van der Waals surface area contributed by atoms with Gasteiger partial charge in [0.2, 0.25) is 6.79 Å². The van der Waals surface area contributed by atoms with Crippen LogP contribution in [0, 0.1) is 0 Å². The zero-order valence-corrected chi connectivity index (χ0v) is 11.0. The average molecular weight is 292 g/mol. The number of rotatable bonds is 2. The first-order chi connectivity index (χ1) is 9.72. The highest BCUT2D eigenvalue weighted by molar-refractivity contribution is 6.33. The van der Waals surface area contributed by atoms with Crippen LogP contribution < -0.4 is 19.5 Å². The van der Waals surface area contributed by atoms with Crippen molar-refractivity contribution in [3.05, 3.63) is 47.5 Å². The Morgan fingerprint density at radius 3 is 2.80 bits per heavy atom. The standard InChI is InChI=1S/C14H10ClNO4/c15-10-3-1-2-4-11(10)16-14(17)20-9-5-6-12-13(7-9)19-8-18-12/h1-7H,8H2,(H,16,17). The van der Waals surface area contributed by atoms with Gasteiger partial charge in [0.1, 0.15) is 5.75 Å². The summed E-state index contributed by atoms with van der Waals surface area (Å²) in [6.07, 6.45) is -0.628. The molecule has 1 N–H and O–H groups in total. The number of hydrogen-bond acceptors (Lipinski definition) is 4. The molecule has 1 heterocycles. The van der Waals surface area contributed by atoms with E-state index in [1.54, 1.807) is 42.5 Å². The Kier molecular flexibility index (Phi) is 3.35. The van der Waals surface area contributed by atoms with Crippen LogP contribution in [-0.2, 0) is 0 Å². The molecule has 0 aliphatic carbocycles. The van der Waals surface area contributed by atoms with E-state index in [-0.39, 0.29) is 6.79 Å². The van der Waals surface area contributed by atoms with Crippen molar-refractivity contribution in [3.8, 4) is 17.2 Å². The number of amides is 1. The molecule has 0 bridgehead atoms. The first-order valence-corrected chi connectivity index (χ1v) is 6.23. The summed E-state index contributed by atoms with van der Waals surface area (Å²) in [6.45, 7) is 0.171. The summed E-state index contributed by atoms with van der Waals surface area (Å²) in [5.74, 6) is 1.54. The summed E-state index contributed by atoms with van der Waals surface area (Å²) >= 11 is 5.94. The number of para-hydroxylation sites is 1. The van der Waals surface area contributed by atoms with E-state index in [1.165, 1.54) is 0 Å². The van der Waals surface area contributed by atoms with Gasteiger partial charge in [0.05, 0.1) is 10.7 Å². The molecule has 0 fully saturated rings. The van der Waals surface area contributed by atoms with Crippen LogP contribution in [0.15, 0.2) is 42.5 Å². The molecule has 2 aromatic rings. The van der Waals surface area contributed by atoms with E-state index < -0.39 is 6.09 Å². The summed E-state index contributed by atoms with van der Waals surface area (Å²) in [6, 6.07) is 11.8. The van der Waals surface area contributed by atoms with Gasteiger partial charge in [0, 0.05) is 6.07 Å². The number of benzene rings is 2. The number of carbonyl (C=O) groups is 1. The predicted octanol–water partition coefficient (Wildman–Crippen LogP) is 3.68. The van der Waals surface area contributed by atoms with E-state index in [0.29, 0.717) is 28.0 Å². The molecule has 0 radical (unpaired) electrons. The van der Waals surface area contributed by atoms with Crippen molar-refractivity contribution in [2.24, 2.45) is 0 Å². The van der Waals surface area contributed by atoms with Crippen LogP contribution in [0.5, 0.6) is 17.2 Å². The lowest BCUT2D eigenvalue weighted by atomic mass is 10.3. The molecule has 6 heteroatoms. The molecular weight excluding hydrogens is 282 g/mol. The highest BCUT2D eigenvalue weighted by atomic mass is 35.5. The monoisotopic (exact) mass is 291 g/mol. The van der Waals surface area contributed by atoms with E-state index in [1.807, 2.05) is 0 Å². The lowest BCUT2D eigenvalue weighted by Crippen LogP contribution is -2.16. The smallest absolute Gasteiger partial charge is 0.417 e. The Morgan fingerprint density at radius 2 is 1.95 bits per heavy atom. The normalized spacial score (nSPS) is 12.1. The zero-order valence-electron chi connectivity index (χ0n) is 10.3. The average Bonchev–Trinajstić information content (AvgIpc) is 2.89. The Balaban J connectivity index is 1.69. The molecule has 2 aromatic carbocycles. The van der Waals surface area contributed by atoms with E-state index in [9.17, 15) is 4.79 Å². The van der Waals surface area contributed by atoms with Gasteiger partial charge in [-0.1, -0.05) is 23.7 Å². The summed E-state index contributed by atoms with van der Waals surface area (Å²) < 4.78 is 15.5. The first kappa shape index (κ1) is 12.6. The molecule has 102 valence electrons. The Bertz CT molecular complexity index is 659. The van der Waals surface area contributed by atoms with Gasteiger partial charge in [-0.25, -0.2) is 4.79 Å². The molecule has 1 amide bonds. The molecule has 0 unspecified atom stereocenters. The summed E-state index contributed by atoms with van der Waals surface area (Å²) in [4.78, 5) is 11.8. The Labute approximate surface area is 120 Å². The van der Waals surface area contributed by atoms with E-state index in [2.05, 4.69) is 5.32 Å². The third-order valence-electron chi connectivity index (χ3n) is 2.67. The Hall–Kier alpha value is -2.40. The molecule has 0 aromatic heterocycles. The number of halogens is 1. The van der Waals surface area contributed by atoms with Crippen LogP contribution in [0.2, 0.25) is 5.02 Å². The van der Waals surface area contributed by atoms with Crippen molar-refractivity contribution < 1.29 is 19.0 Å². The van der Waals surface area contributed by atoms with E-state index in [0.717, 1.165) is 0 Å². The van der Waals surface area contributed by atoms with E-state index in [4.69, 9.17) is 25.8 Å². The van der Waals surface area contributed by atoms with Gasteiger partial charge >= 0.3 is 6.09 Å². The maximum Gasteiger partial charge on any atom is 0.417 e. The molecule has 0 spiro atoms. The highest BCUT2D eigenvalue weighted by Gasteiger charge is 2.15. The molecule has 1 aliphatic rings. The van der Waals surface area contributed by atoms with Crippen molar-refractivity contribution in [1.82, 2.24) is 0 Å². The van der Waals surface area contributed by atoms with Gasteiger partial charge in [-0.2, -0.15) is 0 Å². The minimum atomic E-state index is -0.628. The lowest BCUT2D eigenvalue weighted by molar-refractivity contribution is 0.174. The molecule has 1 aliphatic heterocycles. The fourth-order valence-corrected chi connectivity index (χ4v) is 1.93. The number of anilines is 1. The topological polar surface area (TPSA) is 56.8 Å². The number of ether oxygens (including phenoxy) is 3. The molecule has 20 heavy (non-hydrogen) atoms. The number of nitrogens with one attached hydrogen (secondary N) is 1. The van der Waals surface area contributed by atoms with Crippen LogP contribution in [0.4, 0.5) is 10.5 Å². The SMILES string of the molecule is O=C(Nc1ccccc1Cl)Oc1ccc2c(c1)OCO2.